The number of rotatable bonds is 4. The molecule has 2 unspecified atom stereocenters. The normalized spacial score (nSPS) is 26.9. The Labute approximate surface area is 88.7 Å². The predicted molar refractivity (Wildman–Crippen MR) is 55.3 cm³/mol. The Morgan fingerprint density at radius 2 is 2.53 bits per heavy atom. The van der Waals surface area contributed by atoms with Crippen LogP contribution in [0.5, 0.6) is 0 Å². The molecule has 0 radical (unpaired) electrons. The number of nitrogens with two attached hydrogens (primary N) is 1. The SMILES string of the molecule is CON=C1CC(C(N)=O)N(CC(C)O)C1. The lowest BCUT2D eigenvalue weighted by molar-refractivity contribution is -0.122. The van der Waals surface area contributed by atoms with Gasteiger partial charge in [0.2, 0.25) is 5.91 Å². The van der Waals surface area contributed by atoms with Gasteiger partial charge in [0.15, 0.2) is 0 Å². The van der Waals surface area contributed by atoms with Crippen LogP contribution in [0.1, 0.15) is 13.3 Å². The fourth-order valence-electron chi connectivity index (χ4n) is 1.77. The molecule has 2 atom stereocenters. The summed E-state index contributed by atoms with van der Waals surface area (Å²) >= 11 is 0. The van der Waals surface area contributed by atoms with Gasteiger partial charge in [-0.05, 0) is 6.92 Å². The van der Waals surface area contributed by atoms with Crippen molar-refractivity contribution in [1.82, 2.24) is 4.90 Å². The highest BCUT2D eigenvalue weighted by Crippen LogP contribution is 2.15. The van der Waals surface area contributed by atoms with Gasteiger partial charge in [-0.3, -0.25) is 9.69 Å². The van der Waals surface area contributed by atoms with Gasteiger partial charge in [0.25, 0.3) is 0 Å². The van der Waals surface area contributed by atoms with Crippen LogP contribution >= 0.6 is 0 Å². The molecule has 3 N–H and O–H groups in total. The lowest BCUT2D eigenvalue weighted by Gasteiger charge is -2.22. The molecular formula is C9H17N3O3. The monoisotopic (exact) mass is 215 g/mol. The summed E-state index contributed by atoms with van der Waals surface area (Å²) in [5, 5.41) is 13.1. The third-order valence-electron chi connectivity index (χ3n) is 2.30. The quantitative estimate of drug-likeness (QED) is 0.584. The highest BCUT2D eigenvalue weighted by Gasteiger charge is 2.33. The van der Waals surface area contributed by atoms with Crippen LogP contribution in [-0.4, -0.2) is 54.0 Å². The zero-order valence-corrected chi connectivity index (χ0v) is 9.01. The van der Waals surface area contributed by atoms with E-state index in [0.717, 1.165) is 5.71 Å². The van der Waals surface area contributed by atoms with Gasteiger partial charge < -0.3 is 15.7 Å². The fraction of sp³-hybridized carbons (Fsp3) is 0.778. The molecule has 0 aromatic rings. The summed E-state index contributed by atoms with van der Waals surface area (Å²) in [5.41, 5.74) is 6.04. The largest absolute Gasteiger partial charge is 0.399 e. The van der Waals surface area contributed by atoms with Crippen LogP contribution in [-0.2, 0) is 9.63 Å². The number of aliphatic hydroxyl groups excluding tert-OH is 1. The zero-order chi connectivity index (χ0) is 11.4. The van der Waals surface area contributed by atoms with E-state index < -0.39 is 12.0 Å². The van der Waals surface area contributed by atoms with Crippen molar-refractivity contribution in [3.05, 3.63) is 0 Å². The van der Waals surface area contributed by atoms with E-state index in [-0.39, 0.29) is 6.04 Å². The maximum absolute atomic E-state index is 11.1. The Kier molecular flexibility index (Phi) is 4.05. The van der Waals surface area contributed by atoms with Crippen LogP contribution in [0.15, 0.2) is 5.16 Å². The second-order valence-corrected chi connectivity index (χ2v) is 3.74. The molecule has 6 heteroatoms. The minimum Gasteiger partial charge on any atom is -0.399 e. The number of oxime groups is 1. The number of nitrogens with zero attached hydrogens (tertiary/aromatic N) is 2. The first kappa shape index (κ1) is 11.9. The number of carbonyl (C=O) groups excluding carboxylic acids is 1. The number of carbonyl (C=O) groups is 1. The van der Waals surface area contributed by atoms with Gasteiger partial charge in [-0.1, -0.05) is 5.16 Å². The summed E-state index contributed by atoms with van der Waals surface area (Å²) in [6.07, 6.45) is -0.00987. The number of likely N-dealkylation sites (tertiary alicyclic amines) is 1. The zero-order valence-electron chi connectivity index (χ0n) is 9.01. The number of primary amides is 1. The molecule has 1 heterocycles. The van der Waals surface area contributed by atoms with Crippen molar-refractivity contribution in [3.63, 3.8) is 0 Å². The Bertz CT molecular complexity index is 265. The molecule has 6 nitrogen and oxygen atoms in total. The maximum Gasteiger partial charge on any atom is 0.235 e. The first-order chi connectivity index (χ1) is 7.04. The molecule has 0 aromatic heterocycles. The van der Waals surface area contributed by atoms with Crippen molar-refractivity contribution in [2.75, 3.05) is 20.2 Å². The Morgan fingerprint density at radius 3 is 3.00 bits per heavy atom. The highest BCUT2D eigenvalue weighted by atomic mass is 16.6. The number of aliphatic hydroxyl groups is 1. The molecule has 1 aliphatic heterocycles. The molecule has 1 aliphatic rings. The maximum atomic E-state index is 11.1. The van der Waals surface area contributed by atoms with Crippen molar-refractivity contribution in [2.24, 2.45) is 10.9 Å². The summed E-state index contributed by atoms with van der Waals surface area (Å²) in [6, 6.07) is -0.381. The molecule has 0 aliphatic carbocycles. The second kappa shape index (κ2) is 5.09. The van der Waals surface area contributed by atoms with Crippen LogP contribution in [0, 0.1) is 0 Å². The molecular weight excluding hydrogens is 198 g/mol. The number of hydrogen-bond acceptors (Lipinski definition) is 5. The van der Waals surface area contributed by atoms with Crippen LogP contribution in [0.2, 0.25) is 0 Å². The third-order valence-corrected chi connectivity index (χ3v) is 2.30. The first-order valence-electron chi connectivity index (χ1n) is 4.85. The summed E-state index contributed by atoms with van der Waals surface area (Å²) in [6.45, 7) is 2.60. The molecule has 1 rings (SSSR count). The minimum atomic E-state index is -0.492. The Hall–Kier alpha value is -1.14. The summed E-state index contributed by atoms with van der Waals surface area (Å²) in [5.74, 6) is -0.392. The van der Waals surface area contributed by atoms with E-state index in [0.29, 0.717) is 19.5 Å². The molecule has 15 heavy (non-hydrogen) atoms. The smallest absolute Gasteiger partial charge is 0.235 e. The van der Waals surface area contributed by atoms with Crippen molar-refractivity contribution in [1.29, 1.82) is 0 Å². The van der Waals surface area contributed by atoms with Crippen molar-refractivity contribution in [3.8, 4) is 0 Å². The summed E-state index contributed by atoms with van der Waals surface area (Å²) in [7, 11) is 1.46. The molecule has 86 valence electrons. The van der Waals surface area contributed by atoms with E-state index in [2.05, 4.69) is 9.99 Å². The van der Waals surface area contributed by atoms with E-state index >= 15 is 0 Å². The van der Waals surface area contributed by atoms with Gasteiger partial charge in [0.1, 0.15) is 7.11 Å². The van der Waals surface area contributed by atoms with Gasteiger partial charge in [0, 0.05) is 19.5 Å². The van der Waals surface area contributed by atoms with Crippen molar-refractivity contribution < 1.29 is 14.7 Å². The molecule has 0 aromatic carbocycles. The highest BCUT2D eigenvalue weighted by molar-refractivity contribution is 5.95. The van der Waals surface area contributed by atoms with E-state index in [1.807, 2.05) is 4.90 Å². The van der Waals surface area contributed by atoms with E-state index in [1.165, 1.54) is 7.11 Å². The van der Waals surface area contributed by atoms with E-state index in [9.17, 15) is 9.90 Å². The van der Waals surface area contributed by atoms with Crippen LogP contribution < -0.4 is 5.73 Å². The molecule has 0 spiro atoms. The minimum absolute atomic E-state index is 0.381. The van der Waals surface area contributed by atoms with Gasteiger partial charge in [-0.2, -0.15) is 0 Å². The van der Waals surface area contributed by atoms with Crippen LogP contribution in [0.25, 0.3) is 0 Å². The average Bonchev–Trinajstić information content (AvgIpc) is 2.47. The number of hydrogen-bond donors (Lipinski definition) is 2. The Morgan fingerprint density at radius 1 is 1.87 bits per heavy atom. The topological polar surface area (TPSA) is 88.2 Å². The summed E-state index contributed by atoms with van der Waals surface area (Å²) < 4.78 is 0. The number of amides is 1. The predicted octanol–water partition coefficient (Wildman–Crippen LogP) is -1.07. The standard InChI is InChI=1S/C9H17N3O3/c1-6(13)4-12-5-7(11-15-2)3-8(12)9(10)14/h6,8,13H,3-5H2,1-2H3,(H2,10,14). The first-order valence-corrected chi connectivity index (χ1v) is 4.85. The molecule has 0 saturated carbocycles. The van der Waals surface area contributed by atoms with Gasteiger partial charge in [0.05, 0.1) is 17.9 Å². The van der Waals surface area contributed by atoms with Gasteiger partial charge >= 0.3 is 0 Å². The molecule has 1 fully saturated rings. The molecule has 0 bridgehead atoms. The Balaban J connectivity index is 2.67. The second-order valence-electron chi connectivity index (χ2n) is 3.74. The summed E-state index contributed by atoms with van der Waals surface area (Å²) in [4.78, 5) is 17.6. The lowest BCUT2D eigenvalue weighted by Crippen LogP contribution is -2.43. The van der Waals surface area contributed by atoms with E-state index in [4.69, 9.17) is 5.73 Å². The van der Waals surface area contributed by atoms with Gasteiger partial charge in [-0.25, -0.2) is 0 Å². The molecule has 1 amide bonds. The van der Waals surface area contributed by atoms with Gasteiger partial charge in [-0.15, -0.1) is 0 Å². The van der Waals surface area contributed by atoms with Crippen LogP contribution in [0.3, 0.4) is 0 Å². The lowest BCUT2D eigenvalue weighted by atomic mass is 10.2. The molecule has 1 saturated heterocycles. The number of β-amino-alcohol motifs (C(OH)–C–C–N with tert-alkyl or cyclic N) is 1. The third kappa shape index (κ3) is 3.17. The van der Waals surface area contributed by atoms with Crippen molar-refractivity contribution >= 4 is 11.6 Å². The van der Waals surface area contributed by atoms with Crippen molar-refractivity contribution in [2.45, 2.75) is 25.5 Å². The van der Waals surface area contributed by atoms with E-state index in [1.54, 1.807) is 6.92 Å². The average molecular weight is 215 g/mol. The fourth-order valence-corrected chi connectivity index (χ4v) is 1.77. The van der Waals surface area contributed by atoms with Crippen LogP contribution in [0.4, 0.5) is 0 Å².